The average Bonchev–Trinajstić information content (AvgIpc) is 2.48. The molecule has 0 saturated carbocycles. The van der Waals surface area contributed by atoms with Gasteiger partial charge in [0.1, 0.15) is 0 Å². The maximum absolute atomic E-state index is 12.0. The highest BCUT2D eigenvalue weighted by molar-refractivity contribution is 5.78. The van der Waals surface area contributed by atoms with Crippen molar-refractivity contribution in [2.24, 2.45) is 5.41 Å². The first-order valence-corrected chi connectivity index (χ1v) is 6.76. The Hall–Kier alpha value is -1.81. The number of nitrogens with one attached hydrogen (secondary N) is 1. The van der Waals surface area contributed by atoms with Gasteiger partial charge in [0.25, 0.3) is 0 Å². The number of hydrogen-bond acceptors (Lipinski definition) is 4. The zero-order valence-corrected chi connectivity index (χ0v) is 11.9. The maximum Gasteiger partial charge on any atom is 0.317 e. The van der Waals surface area contributed by atoms with Crippen LogP contribution in [0.25, 0.3) is 0 Å². The second kappa shape index (κ2) is 7.10. The quantitative estimate of drug-likeness (QED) is 0.777. The number of carboxylic acid groups (broad SMARTS) is 1. The molecule has 1 unspecified atom stereocenters. The molecular weight excluding hydrogens is 262 g/mol. The summed E-state index contributed by atoms with van der Waals surface area (Å²) >= 11 is 0. The van der Waals surface area contributed by atoms with E-state index < -0.39 is 17.5 Å². The van der Waals surface area contributed by atoms with Gasteiger partial charge in [-0.05, 0) is 12.8 Å². The highest BCUT2D eigenvalue weighted by atomic mass is 16.5. The van der Waals surface area contributed by atoms with Crippen molar-refractivity contribution in [3.05, 3.63) is 0 Å². The van der Waals surface area contributed by atoms with E-state index in [1.165, 1.54) is 4.90 Å². The average molecular weight is 283 g/mol. The van der Waals surface area contributed by atoms with Crippen molar-refractivity contribution in [2.75, 3.05) is 26.2 Å². The number of morpholine rings is 1. The number of nitriles is 1. The number of aliphatic carboxylic acids is 1. The number of urea groups is 1. The van der Waals surface area contributed by atoms with Crippen LogP contribution >= 0.6 is 0 Å². The number of hydrogen-bond donors (Lipinski definition) is 2. The van der Waals surface area contributed by atoms with Crippen LogP contribution in [0.5, 0.6) is 0 Å². The van der Waals surface area contributed by atoms with Crippen LogP contribution in [0.2, 0.25) is 0 Å². The van der Waals surface area contributed by atoms with Gasteiger partial charge in [0.2, 0.25) is 0 Å². The van der Waals surface area contributed by atoms with Gasteiger partial charge < -0.3 is 20.1 Å². The molecule has 1 fully saturated rings. The van der Waals surface area contributed by atoms with Gasteiger partial charge in [-0.25, -0.2) is 4.79 Å². The van der Waals surface area contributed by atoms with Crippen molar-refractivity contribution in [2.45, 2.75) is 32.8 Å². The lowest BCUT2D eigenvalue weighted by Crippen LogP contribution is -2.52. The number of carboxylic acids is 1. The fourth-order valence-electron chi connectivity index (χ4n) is 2.15. The van der Waals surface area contributed by atoms with Gasteiger partial charge in [-0.15, -0.1) is 0 Å². The number of nitrogens with zero attached hydrogens (tertiary/aromatic N) is 2. The second-order valence-corrected chi connectivity index (χ2v) is 4.89. The lowest BCUT2D eigenvalue weighted by atomic mass is 9.82. The van der Waals surface area contributed by atoms with E-state index in [-0.39, 0.29) is 19.1 Å². The fraction of sp³-hybridized carbons (Fsp3) is 0.769. The van der Waals surface area contributed by atoms with Crippen molar-refractivity contribution in [3.8, 4) is 6.07 Å². The Balaban J connectivity index is 2.58. The van der Waals surface area contributed by atoms with E-state index >= 15 is 0 Å². The van der Waals surface area contributed by atoms with Crippen LogP contribution in [0.1, 0.15) is 26.7 Å². The van der Waals surface area contributed by atoms with Crippen LogP contribution in [0.15, 0.2) is 0 Å². The molecule has 1 aliphatic rings. The van der Waals surface area contributed by atoms with Crippen molar-refractivity contribution in [3.63, 3.8) is 0 Å². The minimum atomic E-state index is -0.934. The van der Waals surface area contributed by atoms with E-state index in [2.05, 4.69) is 5.32 Å². The van der Waals surface area contributed by atoms with Crippen LogP contribution in [0, 0.1) is 16.7 Å². The number of amides is 2. The fourth-order valence-corrected chi connectivity index (χ4v) is 2.15. The first-order valence-electron chi connectivity index (χ1n) is 6.76. The molecule has 1 rings (SSSR count). The van der Waals surface area contributed by atoms with E-state index in [9.17, 15) is 14.7 Å². The van der Waals surface area contributed by atoms with Gasteiger partial charge in [0, 0.05) is 13.1 Å². The zero-order valence-electron chi connectivity index (χ0n) is 11.9. The number of rotatable bonds is 5. The molecule has 0 aromatic heterocycles. The summed E-state index contributed by atoms with van der Waals surface area (Å²) in [5.74, 6) is -0.903. The molecule has 1 aliphatic heterocycles. The summed E-state index contributed by atoms with van der Waals surface area (Å²) in [5.41, 5.74) is -0.934. The number of ether oxygens (including phenoxy) is 1. The second-order valence-electron chi connectivity index (χ2n) is 4.89. The predicted molar refractivity (Wildman–Crippen MR) is 71.0 cm³/mol. The largest absolute Gasteiger partial charge is 0.481 e. The van der Waals surface area contributed by atoms with Gasteiger partial charge in [0.15, 0.2) is 6.10 Å². The summed E-state index contributed by atoms with van der Waals surface area (Å²) in [4.78, 5) is 24.8. The number of carbonyl (C=O) groups is 2. The molecule has 2 amide bonds. The lowest BCUT2D eigenvalue weighted by molar-refractivity contribution is -0.149. The molecule has 0 aliphatic carbocycles. The third kappa shape index (κ3) is 3.61. The van der Waals surface area contributed by atoms with Crippen LogP contribution < -0.4 is 5.32 Å². The van der Waals surface area contributed by atoms with Gasteiger partial charge in [-0.3, -0.25) is 4.79 Å². The molecule has 20 heavy (non-hydrogen) atoms. The summed E-state index contributed by atoms with van der Waals surface area (Å²) in [7, 11) is 0. The predicted octanol–water partition coefficient (Wildman–Crippen LogP) is 0.811. The summed E-state index contributed by atoms with van der Waals surface area (Å²) in [6, 6.07) is 1.62. The summed E-state index contributed by atoms with van der Waals surface area (Å²) in [6.07, 6.45) is 0.280. The van der Waals surface area contributed by atoms with Crippen LogP contribution in [0.3, 0.4) is 0 Å². The Labute approximate surface area is 118 Å². The Kier molecular flexibility index (Phi) is 5.77. The third-order valence-electron chi connectivity index (χ3n) is 3.88. The molecule has 2 N–H and O–H groups in total. The zero-order chi connectivity index (χ0) is 15.2. The van der Waals surface area contributed by atoms with Crippen molar-refractivity contribution < 1.29 is 19.4 Å². The first-order chi connectivity index (χ1) is 9.49. The molecule has 112 valence electrons. The summed E-state index contributed by atoms with van der Waals surface area (Å²) in [6.45, 7) is 4.61. The van der Waals surface area contributed by atoms with Gasteiger partial charge in [-0.2, -0.15) is 5.26 Å². The Bertz CT molecular complexity index is 401. The Morgan fingerprint density at radius 1 is 1.50 bits per heavy atom. The molecule has 0 aromatic carbocycles. The highest BCUT2D eigenvalue weighted by Gasteiger charge is 2.36. The highest BCUT2D eigenvalue weighted by Crippen LogP contribution is 2.25. The molecule has 1 heterocycles. The Morgan fingerprint density at radius 2 is 2.15 bits per heavy atom. The van der Waals surface area contributed by atoms with E-state index in [1.54, 1.807) is 13.8 Å². The normalized spacial score (nSPS) is 19.2. The molecule has 1 saturated heterocycles. The Morgan fingerprint density at radius 3 is 2.65 bits per heavy atom. The molecular formula is C13H21N3O4. The monoisotopic (exact) mass is 283 g/mol. The standard InChI is InChI=1S/C13H21N3O4/c1-3-13(4-2,11(17)18)9-15-12(19)16-5-6-20-10(7-14)8-16/h10H,3-6,8-9H2,1-2H3,(H,15,19)(H,17,18). The van der Waals surface area contributed by atoms with Gasteiger partial charge in [0.05, 0.1) is 24.6 Å². The van der Waals surface area contributed by atoms with Gasteiger partial charge >= 0.3 is 12.0 Å². The van der Waals surface area contributed by atoms with E-state index in [0.717, 1.165) is 0 Å². The van der Waals surface area contributed by atoms with Gasteiger partial charge in [-0.1, -0.05) is 13.8 Å². The van der Waals surface area contributed by atoms with E-state index in [4.69, 9.17) is 10.00 Å². The molecule has 7 heteroatoms. The van der Waals surface area contributed by atoms with Crippen molar-refractivity contribution >= 4 is 12.0 Å². The molecule has 1 atom stereocenters. The summed E-state index contributed by atoms with van der Waals surface area (Å²) in [5, 5.41) is 20.7. The van der Waals surface area contributed by atoms with E-state index in [1.807, 2.05) is 6.07 Å². The lowest BCUT2D eigenvalue weighted by Gasteiger charge is -2.32. The third-order valence-corrected chi connectivity index (χ3v) is 3.88. The minimum absolute atomic E-state index is 0.0861. The molecule has 7 nitrogen and oxygen atoms in total. The first kappa shape index (κ1) is 16.2. The van der Waals surface area contributed by atoms with Crippen LogP contribution in [-0.4, -0.2) is 54.4 Å². The number of carbonyl (C=O) groups excluding carboxylic acids is 1. The molecule has 0 spiro atoms. The maximum atomic E-state index is 12.0. The smallest absolute Gasteiger partial charge is 0.317 e. The molecule has 0 radical (unpaired) electrons. The topological polar surface area (TPSA) is 103 Å². The summed E-state index contributed by atoms with van der Waals surface area (Å²) < 4.78 is 5.16. The SMILES string of the molecule is CCC(CC)(CNC(=O)N1CCOC(C#N)C1)C(=O)O. The molecule has 0 aromatic rings. The van der Waals surface area contributed by atoms with Crippen molar-refractivity contribution in [1.29, 1.82) is 5.26 Å². The molecule has 0 bridgehead atoms. The van der Waals surface area contributed by atoms with Crippen LogP contribution in [0.4, 0.5) is 4.79 Å². The van der Waals surface area contributed by atoms with E-state index in [0.29, 0.717) is 26.0 Å². The minimum Gasteiger partial charge on any atom is -0.481 e. The van der Waals surface area contributed by atoms with Crippen LogP contribution in [-0.2, 0) is 9.53 Å². The van der Waals surface area contributed by atoms with Crippen molar-refractivity contribution in [1.82, 2.24) is 10.2 Å².